The normalized spacial score (nSPS) is 15.6. The van der Waals surface area contributed by atoms with Crippen LogP contribution in [-0.4, -0.2) is 33.6 Å². The Bertz CT molecular complexity index is 1140. The largest absolute Gasteiger partial charge is 0.333 e. The molecule has 0 radical (unpaired) electrons. The fraction of sp³-hybridized carbons (Fsp3) is 0.318. The number of para-hydroxylation sites is 2. The third-order valence-electron chi connectivity index (χ3n) is 5.83. The summed E-state index contributed by atoms with van der Waals surface area (Å²) in [5.41, 5.74) is 4.32. The number of quaternary nitrogens is 1. The lowest BCUT2D eigenvalue weighted by Gasteiger charge is -2.23. The third kappa shape index (κ3) is 3.20. The average Bonchev–Trinajstić information content (AvgIpc) is 3.27. The lowest BCUT2D eigenvalue weighted by molar-refractivity contribution is -0.905. The topological polar surface area (TPSA) is 26.7 Å². The van der Waals surface area contributed by atoms with E-state index in [4.69, 9.17) is 28.2 Å². The van der Waals surface area contributed by atoms with E-state index in [0.29, 0.717) is 10.0 Å². The fourth-order valence-corrected chi connectivity index (χ4v) is 4.63. The predicted molar refractivity (Wildman–Crippen MR) is 116 cm³/mol. The number of hydrogen-bond acceptors (Lipinski definition) is 1. The molecule has 1 aliphatic heterocycles. The molecule has 0 saturated carbocycles. The molecule has 5 rings (SSSR count). The Morgan fingerprint density at radius 3 is 2.50 bits per heavy atom. The number of piperidine rings is 1. The Morgan fingerprint density at radius 2 is 1.71 bits per heavy atom. The zero-order valence-electron chi connectivity index (χ0n) is 15.7. The van der Waals surface area contributed by atoms with Crippen molar-refractivity contribution < 1.29 is 4.90 Å². The first kappa shape index (κ1) is 18.0. The number of aromatic nitrogens is 3. The van der Waals surface area contributed by atoms with Crippen molar-refractivity contribution in [2.24, 2.45) is 0 Å². The maximum atomic E-state index is 6.22. The first-order valence-corrected chi connectivity index (χ1v) is 10.7. The van der Waals surface area contributed by atoms with Gasteiger partial charge in [-0.2, -0.15) is 0 Å². The summed E-state index contributed by atoms with van der Waals surface area (Å²) in [4.78, 5) is 6.68. The second-order valence-corrected chi connectivity index (χ2v) is 8.44. The molecule has 28 heavy (non-hydrogen) atoms. The van der Waals surface area contributed by atoms with E-state index in [1.165, 1.54) is 43.4 Å². The zero-order valence-corrected chi connectivity index (χ0v) is 17.2. The van der Waals surface area contributed by atoms with Crippen LogP contribution in [0.15, 0.2) is 48.7 Å². The van der Waals surface area contributed by atoms with Crippen molar-refractivity contribution in [2.75, 3.05) is 19.6 Å². The van der Waals surface area contributed by atoms with Crippen LogP contribution in [0.3, 0.4) is 0 Å². The molecule has 3 heterocycles. The summed E-state index contributed by atoms with van der Waals surface area (Å²) in [5.74, 6) is 0.985. The van der Waals surface area contributed by atoms with Crippen molar-refractivity contribution >= 4 is 40.0 Å². The van der Waals surface area contributed by atoms with Crippen LogP contribution >= 0.6 is 23.2 Å². The van der Waals surface area contributed by atoms with Gasteiger partial charge in [0.05, 0.1) is 53.0 Å². The number of fused-ring (bicyclic) bond motifs is 3. The summed E-state index contributed by atoms with van der Waals surface area (Å²) < 4.78 is 4.55. The maximum Gasteiger partial charge on any atom is 0.215 e. The van der Waals surface area contributed by atoms with Gasteiger partial charge in [-0.05, 0) is 43.5 Å². The van der Waals surface area contributed by atoms with E-state index in [9.17, 15) is 0 Å². The molecule has 4 aromatic rings. The summed E-state index contributed by atoms with van der Waals surface area (Å²) in [7, 11) is 0. The number of nitrogens with zero attached hydrogens (tertiary/aromatic N) is 3. The molecule has 4 nitrogen and oxygen atoms in total. The summed E-state index contributed by atoms with van der Waals surface area (Å²) in [6.45, 7) is 4.70. The average molecular weight is 414 g/mol. The first-order chi connectivity index (χ1) is 13.7. The highest BCUT2D eigenvalue weighted by atomic mass is 35.5. The molecule has 1 fully saturated rings. The molecule has 1 N–H and O–H groups in total. The minimum absolute atomic E-state index is 0.554. The van der Waals surface area contributed by atoms with Crippen LogP contribution in [0.1, 0.15) is 19.3 Å². The van der Waals surface area contributed by atoms with Gasteiger partial charge in [-0.1, -0.05) is 41.4 Å². The highest BCUT2D eigenvalue weighted by Gasteiger charge is 2.18. The number of likely N-dealkylation sites (tertiary alicyclic amines) is 1. The van der Waals surface area contributed by atoms with Gasteiger partial charge in [0.25, 0.3) is 0 Å². The van der Waals surface area contributed by atoms with Crippen LogP contribution in [0, 0.1) is 0 Å². The van der Waals surface area contributed by atoms with Gasteiger partial charge in [-0.3, -0.25) is 4.40 Å². The van der Waals surface area contributed by atoms with Gasteiger partial charge in [0, 0.05) is 11.8 Å². The van der Waals surface area contributed by atoms with E-state index in [1.54, 1.807) is 4.90 Å². The Balaban J connectivity index is 1.56. The summed E-state index contributed by atoms with van der Waals surface area (Å²) in [5, 5.41) is 1.12. The molecule has 144 valence electrons. The van der Waals surface area contributed by atoms with Crippen molar-refractivity contribution in [1.29, 1.82) is 0 Å². The van der Waals surface area contributed by atoms with E-state index in [1.807, 2.05) is 18.2 Å². The van der Waals surface area contributed by atoms with Gasteiger partial charge in [-0.15, -0.1) is 0 Å². The minimum Gasteiger partial charge on any atom is -0.333 e. The molecule has 0 bridgehead atoms. The predicted octanol–water partition coefficient (Wildman–Crippen LogP) is 4.33. The number of imidazole rings is 2. The molecule has 2 aromatic heterocycles. The first-order valence-electron chi connectivity index (χ1n) is 9.96. The molecule has 0 aliphatic carbocycles. The molecule has 0 atom stereocenters. The van der Waals surface area contributed by atoms with E-state index >= 15 is 0 Å². The van der Waals surface area contributed by atoms with Gasteiger partial charge in [-0.25, -0.2) is 4.98 Å². The van der Waals surface area contributed by atoms with Crippen molar-refractivity contribution in [1.82, 2.24) is 14.0 Å². The van der Waals surface area contributed by atoms with Gasteiger partial charge >= 0.3 is 0 Å². The van der Waals surface area contributed by atoms with Gasteiger partial charge in [0.2, 0.25) is 5.78 Å². The van der Waals surface area contributed by atoms with Gasteiger partial charge in [0.15, 0.2) is 0 Å². The van der Waals surface area contributed by atoms with Crippen molar-refractivity contribution in [2.45, 2.75) is 25.8 Å². The van der Waals surface area contributed by atoms with Crippen LogP contribution in [-0.2, 0) is 6.54 Å². The van der Waals surface area contributed by atoms with E-state index in [0.717, 1.165) is 30.1 Å². The van der Waals surface area contributed by atoms with Crippen LogP contribution in [0.25, 0.3) is 28.1 Å². The lowest BCUT2D eigenvalue weighted by Crippen LogP contribution is -3.13. The monoisotopic (exact) mass is 413 g/mol. The Hall–Kier alpha value is -2.01. The summed E-state index contributed by atoms with van der Waals surface area (Å²) >= 11 is 12.3. The van der Waals surface area contributed by atoms with Crippen molar-refractivity contribution in [3.8, 4) is 11.3 Å². The molecule has 1 aliphatic rings. The second-order valence-electron chi connectivity index (χ2n) is 7.63. The third-order valence-corrected chi connectivity index (χ3v) is 6.56. The van der Waals surface area contributed by atoms with Crippen LogP contribution in [0.2, 0.25) is 10.0 Å². The van der Waals surface area contributed by atoms with Gasteiger partial charge in [0.1, 0.15) is 0 Å². The standard InChI is InChI=1S/C22H22Cl2N4/c23-17-9-8-16(14-18(17)24)19-15-28-21-7-3-2-6-20(21)27(22(28)25-19)13-12-26-10-4-1-5-11-26/h2-3,6-9,14-15H,1,4-5,10-13H2/p+1. The molecule has 0 amide bonds. The number of hydrogen-bond donors (Lipinski definition) is 1. The highest BCUT2D eigenvalue weighted by molar-refractivity contribution is 6.42. The minimum atomic E-state index is 0.554. The smallest absolute Gasteiger partial charge is 0.215 e. The molecular weight excluding hydrogens is 391 g/mol. The van der Waals surface area contributed by atoms with Crippen molar-refractivity contribution in [3.05, 3.63) is 58.7 Å². The maximum absolute atomic E-state index is 6.22. The fourth-order valence-electron chi connectivity index (χ4n) is 4.33. The highest BCUT2D eigenvalue weighted by Crippen LogP contribution is 2.30. The Morgan fingerprint density at radius 1 is 0.929 bits per heavy atom. The molecule has 0 unspecified atom stereocenters. The lowest BCUT2D eigenvalue weighted by atomic mass is 10.1. The number of nitrogens with one attached hydrogen (secondary N) is 1. The number of halogens is 2. The SMILES string of the molecule is Clc1ccc(-c2cn3c4ccccc4n(CC[NH+]4CCCCC4)c3n2)cc1Cl. The summed E-state index contributed by atoms with van der Waals surface area (Å²) in [6, 6.07) is 14.2. The Labute approximate surface area is 174 Å². The van der Waals surface area contributed by atoms with Crippen LogP contribution in [0.5, 0.6) is 0 Å². The molecule has 0 spiro atoms. The van der Waals surface area contributed by atoms with E-state index < -0.39 is 0 Å². The van der Waals surface area contributed by atoms with Crippen molar-refractivity contribution in [3.63, 3.8) is 0 Å². The van der Waals surface area contributed by atoms with Gasteiger partial charge < -0.3 is 9.47 Å². The number of benzene rings is 2. The summed E-state index contributed by atoms with van der Waals surface area (Å²) in [6.07, 6.45) is 6.18. The van der Waals surface area contributed by atoms with E-state index in [-0.39, 0.29) is 0 Å². The molecule has 1 saturated heterocycles. The zero-order chi connectivity index (χ0) is 19.1. The van der Waals surface area contributed by atoms with E-state index in [2.05, 4.69) is 39.4 Å². The molecular formula is C22H23Cl2N4+. The quantitative estimate of drug-likeness (QED) is 0.529. The number of rotatable bonds is 4. The Kier molecular flexibility index (Phi) is 4.79. The van der Waals surface area contributed by atoms with Crippen LogP contribution < -0.4 is 4.90 Å². The second kappa shape index (κ2) is 7.43. The molecule has 2 aromatic carbocycles. The van der Waals surface area contributed by atoms with Crippen LogP contribution in [0.4, 0.5) is 0 Å². The molecule has 6 heteroatoms.